The van der Waals surface area contributed by atoms with Gasteiger partial charge in [0.15, 0.2) is 0 Å². The lowest BCUT2D eigenvalue weighted by Gasteiger charge is -2.61. The minimum Gasteiger partial charge on any atom is -0.396 e. The molecule has 308 valence electrons. The van der Waals surface area contributed by atoms with Gasteiger partial charge in [0.1, 0.15) is 11.7 Å². The van der Waals surface area contributed by atoms with E-state index in [4.69, 9.17) is 37.9 Å². The summed E-state index contributed by atoms with van der Waals surface area (Å²) >= 11 is 0. The van der Waals surface area contributed by atoms with E-state index in [0.717, 1.165) is 44.9 Å². The predicted octanol–water partition coefficient (Wildman–Crippen LogP) is 5.61. The predicted molar refractivity (Wildman–Crippen MR) is 200 cm³/mol. The Morgan fingerprint density at radius 2 is 1.43 bits per heavy atom. The van der Waals surface area contributed by atoms with Crippen LogP contribution in [0.1, 0.15) is 144 Å². The first kappa shape index (κ1) is 40.1. The summed E-state index contributed by atoms with van der Waals surface area (Å²) in [5.41, 5.74) is -3.53. The molecule has 54 heavy (non-hydrogen) atoms. The lowest BCUT2D eigenvalue weighted by molar-refractivity contribution is -0.369. The van der Waals surface area contributed by atoms with Crippen molar-refractivity contribution in [1.82, 2.24) is 0 Å². The third-order valence-electron chi connectivity index (χ3n) is 14.9. The topological polar surface area (TPSA) is 135 Å². The lowest BCUT2D eigenvalue weighted by atomic mass is 9.72. The van der Waals surface area contributed by atoms with E-state index in [1.54, 1.807) is 0 Å². The van der Waals surface area contributed by atoms with Gasteiger partial charge in [-0.3, -0.25) is 0 Å². The van der Waals surface area contributed by atoms with Gasteiger partial charge >= 0.3 is 0 Å². The maximum Gasteiger partial charge on any atom is 0.118 e. The lowest BCUT2D eigenvalue weighted by Crippen LogP contribution is -2.72. The zero-order chi connectivity index (χ0) is 38.1. The van der Waals surface area contributed by atoms with Crippen LogP contribution in [0.15, 0.2) is 12.2 Å². The van der Waals surface area contributed by atoms with E-state index in [9.17, 15) is 15.3 Å². The molecule has 18 atom stereocenters. The van der Waals surface area contributed by atoms with Crippen molar-refractivity contribution in [3.63, 3.8) is 0 Å². The molecular formula is C43H70O11. The van der Waals surface area contributed by atoms with Gasteiger partial charge in [-0.1, -0.05) is 31.9 Å². The first-order valence-corrected chi connectivity index (χ1v) is 21.7. The van der Waals surface area contributed by atoms with E-state index in [1.807, 2.05) is 13.8 Å². The summed E-state index contributed by atoms with van der Waals surface area (Å²) in [7, 11) is 0. The summed E-state index contributed by atoms with van der Waals surface area (Å²) < 4.78 is 55.2. The largest absolute Gasteiger partial charge is 0.396 e. The molecule has 0 radical (unpaired) electrons. The fraction of sp³-hybridized carbons (Fsp3) is 0.953. The molecule has 0 spiro atoms. The third kappa shape index (κ3) is 7.42. The van der Waals surface area contributed by atoms with Gasteiger partial charge in [0.2, 0.25) is 0 Å². The van der Waals surface area contributed by atoms with Crippen LogP contribution in [-0.4, -0.2) is 129 Å². The molecule has 11 nitrogen and oxygen atoms in total. The number of aliphatic hydroxyl groups is 3. The number of allylic oxidation sites excluding steroid dienone is 1. The maximum absolute atomic E-state index is 11.5. The van der Waals surface area contributed by atoms with E-state index in [2.05, 4.69) is 39.8 Å². The van der Waals surface area contributed by atoms with Gasteiger partial charge in [0.25, 0.3) is 0 Å². The van der Waals surface area contributed by atoms with Crippen LogP contribution in [0.5, 0.6) is 0 Å². The molecule has 8 aliphatic rings. The van der Waals surface area contributed by atoms with Gasteiger partial charge in [-0.05, 0) is 86.0 Å². The number of rotatable bonds is 8. The maximum atomic E-state index is 11.5. The Bertz CT molecular complexity index is 1340. The fourth-order valence-electron chi connectivity index (χ4n) is 11.7. The van der Waals surface area contributed by atoms with E-state index >= 15 is 0 Å². The summed E-state index contributed by atoms with van der Waals surface area (Å²) in [5.74, 6) is 0. The number of hydrogen-bond donors (Lipinski definition) is 3. The zero-order valence-corrected chi connectivity index (χ0v) is 33.8. The number of unbranched alkanes of at least 4 members (excludes halogenated alkanes) is 3. The van der Waals surface area contributed by atoms with Gasteiger partial charge in [-0.2, -0.15) is 0 Å². The van der Waals surface area contributed by atoms with Crippen LogP contribution >= 0.6 is 0 Å². The second-order valence-electron chi connectivity index (χ2n) is 19.5. The number of fused-ring (bicyclic) bond motifs is 7. The molecule has 0 aromatic rings. The van der Waals surface area contributed by atoms with Crippen LogP contribution < -0.4 is 0 Å². The van der Waals surface area contributed by atoms with E-state index < -0.39 is 34.1 Å². The molecule has 0 unspecified atom stereocenters. The SMILES string of the molecule is CCCCC/C=C/[C@H]1O[C@H]2C[C@H]3O[C@H]4CC[C@H]5O[C@H]6C[C@@]7(C)O[C@@]8(C)[C@@H](O)C[C@H](CCCO)O[C@@H]8C[C@@H]7O[C@@H]6C[C@@H]5O[C@]4(C)C[C@]3(C)O[C@@H]2CC[C@]1(C)O. The van der Waals surface area contributed by atoms with Crippen LogP contribution in [0.4, 0.5) is 0 Å². The average Bonchev–Trinajstić information content (AvgIpc) is 3.31. The molecule has 11 heteroatoms. The second kappa shape index (κ2) is 15.2. The highest BCUT2D eigenvalue weighted by molar-refractivity contribution is 5.13. The van der Waals surface area contributed by atoms with Gasteiger partial charge in [-0.15, -0.1) is 0 Å². The molecule has 8 aliphatic heterocycles. The van der Waals surface area contributed by atoms with E-state index in [1.165, 1.54) is 12.8 Å². The summed E-state index contributed by atoms with van der Waals surface area (Å²) in [5, 5.41) is 32.2. The standard InChI is InChI=1S/C43H70O11/c1-7-8-9-10-11-14-34-39(2,46)18-17-28-30(49-34)22-36-42(5,52-28)25-41(4)35(51-36)16-15-27-31(53-41)21-29-32(48-27)24-40(3)37(50-29)23-38-43(6,54-40)33(45)20-26(47-38)13-12-19-44/h11,14,26-38,44-46H,7-10,12-13,15-25H2,1-6H3/b14-11+/t26-,27+,28+,29+,30-,31-,32-,33-,34+,35-,36+,37-,38+,39-,40+,41+,42-,43-/m0/s1. The Balaban J connectivity index is 0.937. The summed E-state index contributed by atoms with van der Waals surface area (Å²) in [6.07, 6.45) is 14.5. The number of hydrogen-bond acceptors (Lipinski definition) is 11. The normalized spacial score (nSPS) is 54.4. The van der Waals surface area contributed by atoms with Crippen molar-refractivity contribution in [3.8, 4) is 0 Å². The number of ether oxygens (including phenoxy) is 8. The Morgan fingerprint density at radius 1 is 0.667 bits per heavy atom. The third-order valence-corrected chi connectivity index (χ3v) is 14.9. The molecule has 8 rings (SSSR count). The van der Waals surface area contributed by atoms with Crippen molar-refractivity contribution in [2.45, 2.75) is 252 Å². The zero-order valence-electron chi connectivity index (χ0n) is 33.8. The minimum absolute atomic E-state index is 0.0823. The highest BCUT2D eigenvalue weighted by atomic mass is 16.6. The van der Waals surface area contributed by atoms with Crippen LogP contribution in [0.25, 0.3) is 0 Å². The van der Waals surface area contributed by atoms with Crippen molar-refractivity contribution in [2.24, 2.45) is 0 Å². The van der Waals surface area contributed by atoms with Crippen molar-refractivity contribution in [2.75, 3.05) is 6.61 Å². The number of aliphatic hydroxyl groups excluding tert-OH is 2. The van der Waals surface area contributed by atoms with Crippen molar-refractivity contribution >= 4 is 0 Å². The Labute approximate surface area is 323 Å². The van der Waals surface area contributed by atoms with Crippen molar-refractivity contribution in [1.29, 1.82) is 0 Å². The van der Waals surface area contributed by atoms with E-state index in [0.29, 0.717) is 44.9 Å². The van der Waals surface area contributed by atoms with Crippen LogP contribution in [0, 0.1) is 0 Å². The highest BCUT2D eigenvalue weighted by Crippen LogP contribution is 2.54. The molecule has 3 N–H and O–H groups in total. The van der Waals surface area contributed by atoms with Gasteiger partial charge in [-0.25, -0.2) is 0 Å². The molecule has 0 amide bonds. The molecule has 0 bridgehead atoms. The first-order valence-electron chi connectivity index (χ1n) is 21.7. The van der Waals surface area contributed by atoms with Gasteiger partial charge in [0.05, 0.1) is 95.7 Å². The molecule has 8 heterocycles. The minimum atomic E-state index is -0.959. The van der Waals surface area contributed by atoms with Gasteiger partial charge < -0.3 is 53.2 Å². The quantitative estimate of drug-likeness (QED) is 0.211. The summed E-state index contributed by atoms with van der Waals surface area (Å²) in [6, 6.07) is 0. The molecule has 0 aromatic carbocycles. The van der Waals surface area contributed by atoms with Crippen molar-refractivity contribution < 1.29 is 53.2 Å². The summed E-state index contributed by atoms with van der Waals surface area (Å²) in [6.45, 7) is 12.7. The van der Waals surface area contributed by atoms with Crippen LogP contribution in [0.3, 0.4) is 0 Å². The van der Waals surface area contributed by atoms with Crippen LogP contribution in [0.2, 0.25) is 0 Å². The first-order chi connectivity index (χ1) is 25.7. The molecule has 0 saturated carbocycles. The monoisotopic (exact) mass is 762 g/mol. The molecule has 0 aliphatic carbocycles. The second-order valence-corrected chi connectivity index (χ2v) is 19.5. The molecule has 8 saturated heterocycles. The van der Waals surface area contributed by atoms with Crippen LogP contribution in [-0.2, 0) is 37.9 Å². The summed E-state index contributed by atoms with van der Waals surface area (Å²) in [4.78, 5) is 0. The molecular weight excluding hydrogens is 692 g/mol. The highest BCUT2D eigenvalue weighted by Gasteiger charge is 2.64. The molecule has 8 fully saturated rings. The van der Waals surface area contributed by atoms with Crippen molar-refractivity contribution in [3.05, 3.63) is 12.2 Å². The van der Waals surface area contributed by atoms with Gasteiger partial charge in [0, 0.05) is 45.1 Å². The Kier molecular flexibility index (Phi) is 11.3. The average molecular weight is 763 g/mol. The van der Waals surface area contributed by atoms with E-state index in [-0.39, 0.29) is 79.9 Å². The Hall–Kier alpha value is -0.700. The smallest absolute Gasteiger partial charge is 0.118 e. The Morgan fingerprint density at radius 3 is 2.22 bits per heavy atom. The molecule has 0 aromatic heterocycles. The fourth-order valence-corrected chi connectivity index (χ4v) is 11.7.